The Labute approximate surface area is 128 Å². The first kappa shape index (κ1) is 17.5. The molecule has 0 radical (unpaired) electrons. The number of ether oxygens (including phenoxy) is 1. The van der Waals surface area contributed by atoms with Gasteiger partial charge < -0.3 is 15.0 Å². The van der Waals surface area contributed by atoms with E-state index in [-0.39, 0.29) is 5.91 Å². The fourth-order valence-electron chi connectivity index (χ4n) is 2.37. The number of hydrogen-bond donors (Lipinski definition) is 1. The van der Waals surface area contributed by atoms with Crippen molar-refractivity contribution >= 4 is 5.91 Å². The molecule has 1 rings (SSSR count). The van der Waals surface area contributed by atoms with Crippen LogP contribution in [0.2, 0.25) is 0 Å². The van der Waals surface area contributed by atoms with Crippen LogP contribution in [-0.2, 0) is 10.2 Å². The third-order valence-corrected chi connectivity index (χ3v) is 3.96. The van der Waals surface area contributed by atoms with E-state index in [0.29, 0.717) is 6.54 Å². The lowest BCUT2D eigenvalue weighted by molar-refractivity contribution is -0.125. The minimum Gasteiger partial charge on any atom is -0.496 e. The van der Waals surface area contributed by atoms with E-state index < -0.39 is 5.41 Å². The van der Waals surface area contributed by atoms with Gasteiger partial charge in [-0.15, -0.1) is 0 Å². The van der Waals surface area contributed by atoms with Gasteiger partial charge in [0.2, 0.25) is 5.91 Å². The number of nitrogens with one attached hydrogen (secondary N) is 1. The van der Waals surface area contributed by atoms with Crippen LogP contribution < -0.4 is 10.1 Å². The molecule has 1 aromatic carbocycles. The molecule has 0 atom stereocenters. The Morgan fingerprint density at radius 1 is 1.24 bits per heavy atom. The number of carbonyl (C=O) groups excluding carboxylic acids is 1. The molecule has 1 amide bonds. The zero-order chi connectivity index (χ0) is 15.9. The number of benzene rings is 1. The highest BCUT2D eigenvalue weighted by Crippen LogP contribution is 2.31. The highest BCUT2D eigenvalue weighted by atomic mass is 16.5. The smallest absolute Gasteiger partial charge is 0.230 e. The summed E-state index contributed by atoms with van der Waals surface area (Å²) < 4.78 is 5.37. The number of carbonyl (C=O) groups is 1. The van der Waals surface area contributed by atoms with Crippen molar-refractivity contribution in [2.24, 2.45) is 0 Å². The molecule has 0 aliphatic carbocycles. The first-order chi connectivity index (χ1) is 9.97. The minimum atomic E-state index is -0.615. The Kier molecular flexibility index (Phi) is 6.69. The van der Waals surface area contributed by atoms with Gasteiger partial charge in [0.25, 0.3) is 0 Å². The predicted molar refractivity (Wildman–Crippen MR) is 86.8 cm³/mol. The number of likely N-dealkylation sites (N-methyl/N-ethyl adjacent to an activating group) is 1. The van der Waals surface area contributed by atoms with Crippen LogP contribution in [-0.4, -0.2) is 44.1 Å². The van der Waals surface area contributed by atoms with Gasteiger partial charge in [-0.05, 0) is 33.0 Å². The van der Waals surface area contributed by atoms with Crippen LogP contribution in [0.25, 0.3) is 0 Å². The van der Waals surface area contributed by atoms with Gasteiger partial charge >= 0.3 is 0 Å². The second kappa shape index (κ2) is 8.03. The molecule has 1 aromatic rings. The second-order valence-electron chi connectivity index (χ2n) is 5.61. The van der Waals surface area contributed by atoms with Crippen molar-refractivity contribution in [3.05, 3.63) is 29.8 Å². The first-order valence-electron chi connectivity index (χ1n) is 7.61. The van der Waals surface area contributed by atoms with E-state index in [4.69, 9.17) is 4.74 Å². The summed E-state index contributed by atoms with van der Waals surface area (Å²) in [5.74, 6) is 0.778. The normalized spacial score (nSPS) is 11.5. The van der Waals surface area contributed by atoms with Crippen LogP contribution >= 0.6 is 0 Å². The molecule has 1 N–H and O–H groups in total. The topological polar surface area (TPSA) is 41.6 Å². The SMILES string of the molecule is CCN(CC)CCNC(=O)C(C)(C)c1ccccc1OC. The van der Waals surface area contributed by atoms with Gasteiger partial charge in [0.05, 0.1) is 12.5 Å². The molecule has 0 unspecified atom stereocenters. The van der Waals surface area contributed by atoms with Gasteiger partial charge in [-0.2, -0.15) is 0 Å². The molecule has 0 aliphatic rings. The van der Waals surface area contributed by atoms with Crippen LogP contribution in [0.3, 0.4) is 0 Å². The molecule has 0 heterocycles. The molecule has 0 saturated heterocycles. The van der Waals surface area contributed by atoms with Gasteiger partial charge in [0.15, 0.2) is 0 Å². The number of para-hydroxylation sites is 1. The minimum absolute atomic E-state index is 0.0270. The van der Waals surface area contributed by atoms with Crippen molar-refractivity contribution in [1.29, 1.82) is 0 Å². The van der Waals surface area contributed by atoms with Crippen LogP contribution in [0.1, 0.15) is 33.3 Å². The maximum Gasteiger partial charge on any atom is 0.230 e. The van der Waals surface area contributed by atoms with Gasteiger partial charge in [-0.25, -0.2) is 0 Å². The largest absolute Gasteiger partial charge is 0.496 e. The molecule has 0 saturated carbocycles. The summed E-state index contributed by atoms with van der Waals surface area (Å²) in [6.45, 7) is 11.7. The summed E-state index contributed by atoms with van der Waals surface area (Å²) in [7, 11) is 1.63. The molecule has 0 spiro atoms. The number of rotatable bonds is 8. The number of amides is 1. The van der Waals surface area contributed by atoms with Crippen molar-refractivity contribution in [1.82, 2.24) is 10.2 Å². The maximum atomic E-state index is 12.5. The second-order valence-corrected chi connectivity index (χ2v) is 5.61. The number of hydrogen-bond acceptors (Lipinski definition) is 3. The highest BCUT2D eigenvalue weighted by Gasteiger charge is 2.32. The third-order valence-electron chi connectivity index (χ3n) is 3.96. The summed E-state index contributed by atoms with van der Waals surface area (Å²) in [6.07, 6.45) is 0. The monoisotopic (exact) mass is 292 g/mol. The Morgan fingerprint density at radius 3 is 2.43 bits per heavy atom. The Balaban J connectivity index is 2.71. The zero-order valence-electron chi connectivity index (χ0n) is 13.9. The van der Waals surface area contributed by atoms with E-state index in [0.717, 1.165) is 30.9 Å². The molecule has 0 aromatic heterocycles. The Morgan fingerprint density at radius 2 is 1.86 bits per heavy atom. The molecule has 21 heavy (non-hydrogen) atoms. The standard InChI is InChI=1S/C17H28N2O2/c1-6-19(7-2)13-12-18-16(20)17(3,4)14-10-8-9-11-15(14)21-5/h8-11H,6-7,12-13H2,1-5H3,(H,18,20). The first-order valence-corrected chi connectivity index (χ1v) is 7.61. The van der Waals surface area contributed by atoms with Gasteiger partial charge in [-0.3, -0.25) is 4.79 Å². The fourth-order valence-corrected chi connectivity index (χ4v) is 2.37. The molecule has 0 fully saturated rings. The molecule has 0 bridgehead atoms. The summed E-state index contributed by atoms with van der Waals surface area (Å²) in [5.41, 5.74) is 0.295. The van der Waals surface area contributed by atoms with Crippen LogP contribution in [0.15, 0.2) is 24.3 Å². The summed E-state index contributed by atoms with van der Waals surface area (Å²) in [4.78, 5) is 14.8. The van der Waals surface area contributed by atoms with Crippen LogP contribution in [0.4, 0.5) is 0 Å². The molecular formula is C17H28N2O2. The fraction of sp³-hybridized carbons (Fsp3) is 0.588. The third kappa shape index (κ3) is 4.46. The van der Waals surface area contributed by atoms with Crippen molar-refractivity contribution in [2.45, 2.75) is 33.1 Å². The number of methoxy groups -OCH3 is 1. The molecule has 0 aliphatic heterocycles. The van der Waals surface area contributed by atoms with Gasteiger partial charge in [-0.1, -0.05) is 32.0 Å². The van der Waals surface area contributed by atoms with E-state index in [9.17, 15) is 4.79 Å². The number of nitrogens with zero attached hydrogens (tertiary/aromatic N) is 1. The van der Waals surface area contributed by atoms with Crippen molar-refractivity contribution in [3.8, 4) is 5.75 Å². The zero-order valence-corrected chi connectivity index (χ0v) is 13.9. The summed E-state index contributed by atoms with van der Waals surface area (Å²) in [6, 6.07) is 7.68. The van der Waals surface area contributed by atoms with E-state index in [1.54, 1.807) is 7.11 Å². The Hall–Kier alpha value is -1.55. The quantitative estimate of drug-likeness (QED) is 0.800. The summed E-state index contributed by atoms with van der Waals surface area (Å²) >= 11 is 0. The predicted octanol–water partition coefficient (Wildman–Crippen LogP) is 2.43. The van der Waals surface area contributed by atoms with Crippen LogP contribution in [0, 0.1) is 0 Å². The van der Waals surface area contributed by atoms with Crippen molar-refractivity contribution in [3.63, 3.8) is 0 Å². The van der Waals surface area contributed by atoms with E-state index >= 15 is 0 Å². The lowest BCUT2D eigenvalue weighted by Gasteiger charge is -2.27. The average Bonchev–Trinajstić information content (AvgIpc) is 2.51. The van der Waals surface area contributed by atoms with Crippen molar-refractivity contribution < 1.29 is 9.53 Å². The maximum absolute atomic E-state index is 12.5. The van der Waals surface area contributed by atoms with Crippen LogP contribution in [0.5, 0.6) is 5.75 Å². The Bertz CT molecular complexity index is 454. The molecule has 118 valence electrons. The van der Waals surface area contributed by atoms with E-state index in [1.807, 2.05) is 38.1 Å². The van der Waals surface area contributed by atoms with Crippen molar-refractivity contribution in [2.75, 3.05) is 33.3 Å². The molecular weight excluding hydrogens is 264 g/mol. The summed E-state index contributed by atoms with van der Waals surface area (Å²) in [5, 5.41) is 3.04. The van der Waals surface area contributed by atoms with E-state index in [1.165, 1.54) is 0 Å². The highest BCUT2D eigenvalue weighted by molar-refractivity contribution is 5.88. The molecule has 4 heteroatoms. The van der Waals surface area contributed by atoms with Gasteiger partial charge in [0, 0.05) is 18.7 Å². The van der Waals surface area contributed by atoms with Gasteiger partial charge in [0.1, 0.15) is 5.75 Å². The van der Waals surface area contributed by atoms with E-state index in [2.05, 4.69) is 24.1 Å². The lowest BCUT2D eigenvalue weighted by Crippen LogP contribution is -2.43. The molecule has 4 nitrogen and oxygen atoms in total. The average molecular weight is 292 g/mol. The lowest BCUT2D eigenvalue weighted by atomic mass is 9.83.